The van der Waals surface area contributed by atoms with Gasteiger partial charge in [0.05, 0.1) is 6.10 Å². The zero-order valence-electron chi connectivity index (χ0n) is 18.3. The van der Waals surface area contributed by atoms with E-state index in [4.69, 9.17) is 14.2 Å². The highest BCUT2D eigenvalue weighted by Crippen LogP contribution is 2.30. The molecule has 1 fully saturated rings. The Balaban J connectivity index is 2.23. The van der Waals surface area contributed by atoms with Crippen LogP contribution in [0.1, 0.15) is 65.4 Å². The zero-order chi connectivity index (χ0) is 22.1. The van der Waals surface area contributed by atoms with E-state index in [-0.39, 0.29) is 12.6 Å². The topological polar surface area (TPSA) is 82.1 Å². The lowest BCUT2D eigenvalue weighted by atomic mass is 10.1. The predicted molar refractivity (Wildman–Crippen MR) is 111 cm³/mol. The summed E-state index contributed by atoms with van der Waals surface area (Å²) in [4.78, 5) is 37.9. The van der Waals surface area contributed by atoms with Gasteiger partial charge in [0.2, 0.25) is 6.10 Å². The van der Waals surface area contributed by atoms with Gasteiger partial charge in [0.15, 0.2) is 12.3 Å². The molecule has 0 aliphatic carbocycles. The summed E-state index contributed by atoms with van der Waals surface area (Å²) in [5.41, 5.74) is 0.903. The molecule has 1 saturated heterocycles. The Bertz CT molecular complexity index is 707. The van der Waals surface area contributed by atoms with Crippen LogP contribution >= 0.6 is 0 Å². The molecule has 1 aliphatic rings. The summed E-state index contributed by atoms with van der Waals surface area (Å²) in [6.45, 7) is 6.86. The Morgan fingerprint density at radius 1 is 1.03 bits per heavy atom. The van der Waals surface area contributed by atoms with Gasteiger partial charge >= 0.3 is 11.9 Å². The number of carbonyl (C=O) groups is 3. The fourth-order valence-electron chi connectivity index (χ4n) is 3.63. The third-order valence-corrected chi connectivity index (χ3v) is 5.04. The number of likely N-dealkylation sites (tertiary alicyclic amines) is 1. The Morgan fingerprint density at radius 2 is 1.70 bits per heavy atom. The summed E-state index contributed by atoms with van der Waals surface area (Å²) in [6.07, 6.45) is 2.07. The van der Waals surface area contributed by atoms with E-state index >= 15 is 0 Å². The van der Waals surface area contributed by atoms with Crippen LogP contribution in [-0.2, 0) is 35.1 Å². The van der Waals surface area contributed by atoms with Gasteiger partial charge < -0.3 is 19.1 Å². The standard InChI is InChI=1S/C23H33NO6/c1-5-6-7-9-12-16(2)28-23-21(30-18(4)26)20(29-17(3)25)22(27)24(23)15-19-13-10-8-11-14-19/h8,10-11,13-14,16,20-21,23H,5-7,9,12,15H2,1-4H3/t16-,20-,21+,23?/m0/s1. The minimum atomic E-state index is -1.22. The van der Waals surface area contributed by atoms with Crippen LogP contribution in [0.3, 0.4) is 0 Å². The summed E-state index contributed by atoms with van der Waals surface area (Å²) < 4.78 is 16.9. The van der Waals surface area contributed by atoms with E-state index in [1.807, 2.05) is 37.3 Å². The van der Waals surface area contributed by atoms with Gasteiger partial charge in [-0.2, -0.15) is 0 Å². The largest absolute Gasteiger partial charge is 0.453 e. The van der Waals surface area contributed by atoms with Crippen molar-refractivity contribution in [2.45, 2.75) is 90.9 Å². The molecule has 7 nitrogen and oxygen atoms in total. The molecule has 0 spiro atoms. The van der Waals surface area contributed by atoms with E-state index in [9.17, 15) is 14.4 Å². The van der Waals surface area contributed by atoms with Crippen molar-refractivity contribution in [1.29, 1.82) is 0 Å². The van der Waals surface area contributed by atoms with Crippen molar-refractivity contribution in [2.75, 3.05) is 0 Å². The maximum absolute atomic E-state index is 13.1. The van der Waals surface area contributed by atoms with Gasteiger partial charge in [-0.15, -0.1) is 0 Å². The first-order valence-corrected chi connectivity index (χ1v) is 10.7. The SMILES string of the molecule is CCCCCC[C@H](C)OC1[C@H](OC(C)=O)[C@H](OC(C)=O)C(=O)N1Cc1ccccc1. The molecule has 0 radical (unpaired) electrons. The van der Waals surface area contributed by atoms with Crippen molar-refractivity contribution in [3.63, 3.8) is 0 Å². The summed E-state index contributed by atoms with van der Waals surface area (Å²) >= 11 is 0. The molecule has 1 unspecified atom stereocenters. The van der Waals surface area contributed by atoms with Crippen LogP contribution in [0.4, 0.5) is 0 Å². The number of benzene rings is 1. The Labute approximate surface area is 178 Å². The van der Waals surface area contributed by atoms with Gasteiger partial charge in [0.1, 0.15) is 0 Å². The van der Waals surface area contributed by atoms with E-state index in [1.165, 1.54) is 25.2 Å². The molecule has 4 atom stereocenters. The highest BCUT2D eigenvalue weighted by molar-refractivity contribution is 5.87. The smallest absolute Gasteiger partial charge is 0.303 e. The monoisotopic (exact) mass is 419 g/mol. The predicted octanol–water partition coefficient (Wildman–Crippen LogP) is 3.59. The molecule has 30 heavy (non-hydrogen) atoms. The average molecular weight is 420 g/mol. The molecule has 0 N–H and O–H groups in total. The first-order valence-electron chi connectivity index (χ1n) is 10.7. The second-order valence-corrected chi connectivity index (χ2v) is 7.74. The summed E-state index contributed by atoms with van der Waals surface area (Å²) in [7, 11) is 0. The lowest BCUT2D eigenvalue weighted by Gasteiger charge is -2.30. The number of ether oxygens (including phenoxy) is 3. The van der Waals surface area contributed by atoms with Crippen LogP contribution in [-0.4, -0.2) is 47.3 Å². The van der Waals surface area contributed by atoms with Crippen LogP contribution in [0.2, 0.25) is 0 Å². The number of esters is 2. The minimum absolute atomic E-state index is 0.146. The molecule has 0 aromatic heterocycles. The highest BCUT2D eigenvalue weighted by atomic mass is 16.6. The normalized spacial score (nSPS) is 22.1. The van der Waals surface area contributed by atoms with E-state index in [0.717, 1.165) is 31.2 Å². The number of nitrogens with zero attached hydrogens (tertiary/aromatic N) is 1. The molecule has 7 heteroatoms. The van der Waals surface area contributed by atoms with Crippen molar-refractivity contribution >= 4 is 17.8 Å². The first kappa shape index (κ1) is 23.9. The molecule has 166 valence electrons. The third-order valence-electron chi connectivity index (χ3n) is 5.04. The molecule has 1 amide bonds. The third kappa shape index (κ3) is 6.83. The Morgan fingerprint density at radius 3 is 2.30 bits per heavy atom. The molecule has 0 bridgehead atoms. The fourth-order valence-corrected chi connectivity index (χ4v) is 3.63. The summed E-state index contributed by atoms with van der Waals surface area (Å²) in [6, 6.07) is 9.46. The van der Waals surface area contributed by atoms with Gasteiger partial charge in [-0.05, 0) is 18.9 Å². The van der Waals surface area contributed by atoms with Crippen molar-refractivity contribution in [3.8, 4) is 0 Å². The maximum Gasteiger partial charge on any atom is 0.303 e. The van der Waals surface area contributed by atoms with Gasteiger partial charge in [0, 0.05) is 20.4 Å². The number of rotatable bonds is 11. The van der Waals surface area contributed by atoms with E-state index in [2.05, 4.69) is 6.92 Å². The van der Waals surface area contributed by atoms with Crippen molar-refractivity contribution in [1.82, 2.24) is 4.90 Å². The van der Waals surface area contributed by atoms with E-state index < -0.39 is 36.3 Å². The molecule has 1 aromatic carbocycles. The highest BCUT2D eigenvalue weighted by Gasteiger charge is 2.53. The molecule has 1 aliphatic heterocycles. The van der Waals surface area contributed by atoms with Crippen LogP contribution in [0.25, 0.3) is 0 Å². The van der Waals surface area contributed by atoms with E-state index in [0.29, 0.717) is 0 Å². The number of amides is 1. The van der Waals surface area contributed by atoms with Crippen molar-refractivity contribution in [3.05, 3.63) is 35.9 Å². The molecule has 2 rings (SSSR count). The van der Waals surface area contributed by atoms with Crippen LogP contribution in [0.15, 0.2) is 30.3 Å². The molecule has 0 saturated carbocycles. The second-order valence-electron chi connectivity index (χ2n) is 7.74. The molecule has 1 aromatic rings. The maximum atomic E-state index is 13.1. The number of carbonyl (C=O) groups excluding carboxylic acids is 3. The van der Waals surface area contributed by atoms with Gasteiger partial charge in [0.25, 0.3) is 5.91 Å². The minimum Gasteiger partial charge on any atom is -0.453 e. The number of hydrogen-bond acceptors (Lipinski definition) is 6. The first-order chi connectivity index (χ1) is 14.3. The summed E-state index contributed by atoms with van der Waals surface area (Å²) in [5.74, 6) is -1.60. The quantitative estimate of drug-likeness (QED) is 0.403. The van der Waals surface area contributed by atoms with Crippen molar-refractivity contribution in [2.24, 2.45) is 0 Å². The zero-order valence-corrected chi connectivity index (χ0v) is 18.3. The Hall–Kier alpha value is -2.41. The van der Waals surface area contributed by atoms with Crippen LogP contribution in [0, 0.1) is 0 Å². The molecule has 1 heterocycles. The van der Waals surface area contributed by atoms with E-state index in [1.54, 1.807) is 0 Å². The molecular formula is C23H33NO6. The van der Waals surface area contributed by atoms with Gasteiger partial charge in [-0.3, -0.25) is 14.4 Å². The fraction of sp³-hybridized carbons (Fsp3) is 0.609. The lowest BCUT2D eigenvalue weighted by molar-refractivity contribution is -0.179. The number of hydrogen-bond donors (Lipinski definition) is 0. The van der Waals surface area contributed by atoms with Crippen LogP contribution in [0.5, 0.6) is 0 Å². The second kappa shape index (κ2) is 11.7. The number of unbranched alkanes of at least 4 members (excludes halogenated alkanes) is 3. The summed E-state index contributed by atoms with van der Waals surface area (Å²) in [5, 5.41) is 0. The van der Waals surface area contributed by atoms with Gasteiger partial charge in [-0.1, -0.05) is 62.9 Å². The molecular weight excluding hydrogens is 386 g/mol. The Kier molecular flexibility index (Phi) is 9.30. The van der Waals surface area contributed by atoms with Crippen molar-refractivity contribution < 1.29 is 28.6 Å². The van der Waals surface area contributed by atoms with Crippen LogP contribution < -0.4 is 0 Å². The average Bonchev–Trinajstić information content (AvgIpc) is 2.91. The van der Waals surface area contributed by atoms with Gasteiger partial charge in [-0.25, -0.2) is 0 Å². The lowest BCUT2D eigenvalue weighted by Crippen LogP contribution is -2.43.